The first-order valence-corrected chi connectivity index (χ1v) is 13.2. The summed E-state index contributed by atoms with van der Waals surface area (Å²) in [5.41, 5.74) is 0. The normalized spacial score (nSPS) is 20.0. The van der Waals surface area contributed by atoms with Gasteiger partial charge in [-0.2, -0.15) is 0 Å². The number of carbonyl (C=O) groups is 1. The molecule has 0 N–H and O–H groups in total. The van der Waals surface area contributed by atoms with Gasteiger partial charge in [0.1, 0.15) is 0 Å². The molecule has 2 aromatic carbocycles. The highest BCUT2D eigenvalue weighted by Gasteiger charge is 2.51. The van der Waals surface area contributed by atoms with E-state index >= 15 is 0 Å². The van der Waals surface area contributed by atoms with Crippen LogP contribution in [0.2, 0.25) is 5.04 Å². The summed E-state index contributed by atoms with van der Waals surface area (Å²) in [6.45, 7) is 9.31. The van der Waals surface area contributed by atoms with Gasteiger partial charge in [-0.25, -0.2) is 0 Å². The molecule has 0 heterocycles. The van der Waals surface area contributed by atoms with Gasteiger partial charge in [-0.3, -0.25) is 4.79 Å². The molecule has 0 aromatic heterocycles. The highest BCUT2D eigenvalue weighted by molar-refractivity contribution is 6.99. The first-order valence-electron chi connectivity index (χ1n) is 11.3. The molecular weight excluding hydrogens is 388 g/mol. The fourth-order valence-electron chi connectivity index (χ4n) is 4.85. The summed E-state index contributed by atoms with van der Waals surface area (Å²) >= 11 is 0. The Labute approximate surface area is 182 Å². The molecule has 3 nitrogen and oxygen atoms in total. The Kier molecular flexibility index (Phi) is 7.53. The van der Waals surface area contributed by atoms with E-state index in [4.69, 9.17) is 9.16 Å². The molecular formula is C26H36O3Si. The molecule has 0 spiro atoms. The molecule has 0 unspecified atom stereocenters. The quantitative estimate of drug-likeness (QED) is 0.459. The van der Waals surface area contributed by atoms with Crippen molar-refractivity contribution in [2.75, 3.05) is 6.61 Å². The molecule has 162 valence electrons. The van der Waals surface area contributed by atoms with Crippen molar-refractivity contribution in [2.24, 2.45) is 5.92 Å². The lowest BCUT2D eigenvalue weighted by atomic mass is 9.85. The number of hydrogen-bond donors (Lipinski definition) is 0. The van der Waals surface area contributed by atoms with Crippen LogP contribution in [0.5, 0.6) is 0 Å². The Hall–Kier alpha value is -1.91. The van der Waals surface area contributed by atoms with E-state index < -0.39 is 8.32 Å². The Morgan fingerprint density at radius 3 is 1.83 bits per heavy atom. The van der Waals surface area contributed by atoms with Gasteiger partial charge in [0.2, 0.25) is 0 Å². The summed E-state index contributed by atoms with van der Waals surface area (Å²) in [5.74, 6) is 0.358. The number of benzene rings is 2. The van der Waals surface area contributed by atoms with Crippen LogP contribution in [0.25, 0.3) is 0 Å². The molecule has 1 aliphatic rings. The zero-order valence-electron chi connectivity index (χ0n) is 18.9. The highest BCUT2D eigenvalue weighted by Crippen LogP contribution is 2.40. The molecule has 0 saturated heterocycles. The summed E-state index contributed by atoms with van der Waals surface area (Å²) in [7, 11) is -2.50. The first kappa shape index (κ1) is 22.8. The van der Waals surface area contributed by atoms with Crippen molar-refractivity contribution >= 4 is 24.7 Å². The minimum absolute atomic E-state index is 0.00249. The van der Waals surface area contributed by atoms with Gasteiger partial charge >= 0.3 is 5.97 Å². The van der Waals surface area contributed by atoms with Gasteiger partial charge < -0.3 is 9.16 Å². The lowest BCUT2D eigenvalue weighted by Gasteiger charge is -2.46. The van der Waals surface area contributed by atoms with Gasteiger partial charge in [-0.1, -0.05) is 81.4 Å². The number of hydrogen-bond acceptors (Lipinski definition) is 3. The van der Waals surface area contributed by atoms with Gasteiger partial charge in [0, 0.05) is 12.5 Å². The van der Waals surface area contributed by atoms with E-state index in [2.05, 4.69) is 81.4 Å². The molecule has 0 aliphatic heterocycles. The maximum absolute atomic E-state index is 11.9. The largest absolute Gasteiger partial charge is 0.466 e. The average Bonchev–Trinajstić information content (AvgIpc) is 2.74. The van der Waals surface area contributed by atoms with Crippen LogP contribution in [0, 0.1) is 5.92 Å². The molecule has 30 heavy (non-hydrogen) atoms. The summed E-state index contributed by atoms with van der Waals surface area (Å²) in [6, 6.07) is 21.7. The smallest absolute Gasteiger partial charge is 0.306 e. The number of ether oxygens (including phenoxy) is 1. The van der Waals surface area contributed by atoms with E-state index in [0.717, 1.165) is 25.7 Å². The van der Waals surface area contributed by atoms with E-state index in [1.165, 1.54) is 10.4 Å². The Balaban J connectivity index is 1.85. The summed E-state index contributed by atoms with van der Waals surface area (Å²) in [4.78, 5) is 11.9. The lowest BCUT2D eigenvalue weighted by molar-refractivity contribution is -0.144. The van der Waals surface area contributed by atoms with Gasteiger partial charge in [-0.15, -0.1) is 0 Å². The zero-order chi connectivity index (χ0) is 21.6. The fourth-order valence-corrected chi connectivity index (χ4v) is 9.60. The molecule has 1 saturated carbocycles. The van der Waals surface area contributed by atoms with E-state index in [0.29, 0.717) is 18.9 Å². The van der Waals surface area contributed by atoms with Crippen molar-refractivity contribution in [3.8, 4) is 0 Å². The number of rotatable bonds is 7. The molecule has 0 bridgehead atoms. The zero-order valence-corrected chi connectivity index (χ0v) is 19.9. The van der Waals surface area contributed by atoms with Gasteiger partial charge in [0.15, 0.2) is 0 Å². The number of carbonyl (C=O) groups excluding carboxylic acids is 1. The van der Waals surface area contributed by atoms with Crippen molar-refractivity contribution in [2.45, 2.75) is 70.9 Å². The van der Waals surface area contributed by atoms with E-state index in [-0.39, 0.29) is 17.1 Å². The van der Waals surface area contributed by atoms with Crippen molar-refractivity contribution in [1.82, 2.24) is 0 Å². The topological polar surface area (TPSA) is 35.5 Å². The van der Waals surface area contributed by atoms with Crippen molar-refractivity contribution in [3.05, 3.63) is 60.7 Å². The monoisotopic (exact) mass is 424 g/mol. The molecule has 0 radical (unpaired) electrons. The van der Waals surface area contributed by atoms with Crippen LogP contribution in [0.1, 0.15) is 59.8 Å². The molecule has 0 amide bonds. The number of esters is 1. The molecule has 3 rings (SSSR count). The fraction of sp³-hybridized carbons (Fsp3) is 0.500. The molecule has 4 heteroatoms. The summed E-state index contributed by atoms with van der Waals surface area (Å²) in [6.07, 6.45) is 4.85. The SMILES string of the molecule is CCOC(=O)CC1CCC(O[Si](c2ccccc2)(c2ccccc2)C(C)(C)C)CC1. The molecule has 1 aliphatic carbocycles. The standard InChI is InChI=1S/C26H36O3Si/c1-5-28-25(27)20-21-16-18-22(19-17-21)29-30(26(2,3)4,23-12-8-6-9-13-23)24-14-10-7-11-15-24/h6-15,21-22H,5,16-20H2,1-4H3. The Morgan fingerprint density at radius 1 is 0.900 bits per heavy atom. The lowest BCUT2D eigenvalue weighted by Crippen LogP contribution is -2.67. The van der Waals surface area contributed by atoms with E-state index in [1.54, 1.807) is 0 Å². The van der Waals surface area contributed by atoms with Crippen LogP contribution in [0.4, 0.5) is 0 Å². The van der Waals surface area contributed by atoms with E-state index in [1.807, 2.05) is 6.92 Å². The van der Waals surface area contributed by atoms with Crippen LogP contribution < -0.4 is 10.4 Å². The second kappa shape index (κ2) is 9.93. The van der Waals surface area contributed by atoms with Crippen LogP contribution >= 0.6 is 0 Å². The maximum Gasteiger partial charge on any atom is 0.306 e. The van der Waals surface area contributed by atoms with Crippen molar-refractivity contribution in [1.29, 1.82) is 0 Å². The van der Waals surface area contributed by atoms with Crippen molar-refractivity contribution < 1.29 is 14.0 Å². The van der Waals surface area contributed by atoms with Crippen LogP contribution in [0.3, 0.4) is 0 Å². The van der Waals surface area contributed by atoms with Crippen LogP contribution in [-0.2, 0) is 14.0 Å². The van der Waals surface area contributed by atoms with Crippen molar-refractivity contribution in [3.63, 3.8) is 0 Å². The second-order valence-corrected chi connectivity index (χ2v) is 13.7. The van der Waals surface area contributed by atoms with E-state index in [9.17, 15) is 4.79 Å². The third-order valence-electron chi connectivity index (χ3n) is 6.31. The highest BCUT2D eigenvalue weighted by atomic mass is 28.4. The van der Waals surface area contributed by atoms with Gasteiger partial charge in [-0.05, 0) is 53.9 Å². The average molecular weight is 425 g/mol. The maximum atomic E-state index is 11.9. The summed E-state index contributed by atoms with van der Waals surface area (Å²) < 4.78 is 12.4. The second-order valence-electron chi connectivity index (χ2n) is 9.43. The minimum atomic E-state index is -2.50. The Morgan fingerprint density at radius 2 is 1.40 bits per heavy atom. The predicted octanol–water partition coefficient (Wildman–Crippen LogP) is 5.08. The molecule has 2 aromatic rings. The first-order chi connectivity index (χ1) is 14.4. The van der Waals surface area contributed by atoms with Crippen LogP contribution in [0.15, 0.2) is 60.7 Å². The molecule has 0 atom stereocenters. The summed E-state index contributed by atoms with van der Waals surface area (Å²) in [5, 5.41) is 2.66. The van der Waals surface area contributed by atoms with Gasteiger partial charge in [0.05, 0.1) is 6.61 Å². The third kappa shape index (κ3) is 5.04. The van der Waals surface area contributed by atoms with Gasteiger partial charge in [0.25, 0.3) is 8.32 Å². The third-order valence-corrected chi connectivity index (χ3v) is 11.4. The molecule has 1 fully saturated rings. The predicted molar refractivity (Wildman–Crippen MR) is 126 cm³/mol. The minimum Gasteiger partial charge on any atom is -0.466 e. The Bertz CT molecular complexity index is 751. The van der Waals surface area contributed by atoms with Crippen LogP contribution in [-0.4, -0.2) is 27.0 Å².